The van der Waals surface area contributed by atoms with E-state index in [2.05, 4.69) is 4.98 Å². The third-order valence-corrected chi connectivity index (χ3v) is 4.38. The smallest absolute Gasteiger partial charge is 0.351 e. The molecular weight excluding hydrogens is 326 g/mol. The van der Waals surface area contributed by atoms with Crippen LogP contribution in [0.2, 0.25) is 0 Å². The summed E-state index contributed by atoms with van der Waals surface area (Å²) in [4.78, 5) is 21.2. The second-order valence-corrected chi connectivity index (χ2v) is 5.98. The van der Waals surface area contributed by atoms with E-state index in [1.165, 1.54) is 0 Å². The van der Waals surface area contributed by atoms with Gasteiger partial charge >= 0.3 is 5.69 Å². The van der Waals surface area contributed by atoms with Crippen molar-refractivity contribution < 1.29 is 19.0 Å². The van der Waals surface area contributed by atoms with E-state index in [0.29, 0.717) is 45.1 Å². The lowest BCUT2D eigenvalue weighted by Crippen LogP contribution is -2.34. The molecule has 2 aliphatic heterocycles. The molecule has 1 aromatic heterocycles. The Kier molecular flexibility index (Phi) is 4.39. The molecule has 0 radical (unpaired) electrons. The Morgan fingerprint density at radius 2 is 2.24 bits per heavy atom. The zero-order valence-corrected chi connectivity index (χ0v) is 13.6. The maximum absolute atomic E-state index is 12.3. The molecule has 1 unspecified atom stereocenters. The predicted octanol–water partition coefficient (Wildman–Crippen LogP) is 0.513. The van der Waals surface area contributed by atoms with Gasteiger partial charge in [0.1, 0.15) is 18.5 Å². The highest BCUT2D eigenvalue weighted by atomic mass is 16.6. The van der Waals surface area contributed by atoms with Gasteiger partial charge in [0.25, 0.3) is 0 Å². The molecule has 1 aromatic carbocycles. The molecule has 0 aliphatic carbocycles. The maximum atomic E-state index is 12.3. The van der Waals surface area contributed by atoms with Crippen LogP contribution in [-0.2, 0) is 22.4 Å². The number of nitrogens with zero attached hydrogens (tertiary/aromatic N) is 2. The number of hydrogen-bond donors (Lipinski definition) is 1. The largest absolute Gasteiger partial charge is 0.475 e. The molecule has 0 bridgehead atoms. The van der Waals surface area contributed by atoms with Gasteiger partial charge in [-0.15, -0.1) is 0 Å². The molecule has 132 valence electrons. The summed E-state index contributed by atoms with van der Waals surface area (Å²) in [5.41, 5.74) is 2.48. The summed E-state index contributed by atoms with van der Waals surface area (Å²) in [6.45, 7) is 2.48. The Bertz CT molecular complexity index is 830. The number of nitrogens with two attached hydrogens (primary N) is 1. The van der Waals surface area contributed by atoms with Crippen molar-refractivity contribution in [1.82, 2.24) is 9.55 Å². The average Bonchev–Trinajstić information content (AvgIpc) is 2.66. The summed E-state index contributed by atoms with van der Waals surface area (Å²) < 4.78 is 18.2. The van der Waals surface area contributed by atoms with Crippen LogP contribution in [-0.4, -0.2) is 42.1 Å². The first-order valence-corrected chi connectivity index (χ1v) is 8.18. The highest BCUT2D eigenvalue weighted by Gasteiger charge is 2.21. The van der Waals surface area contributed by atoms with Gasteiger partial charge < -0.3 is 19.0 Å². The fraction of sp³-hybridized carbons (Fsp3) is 0.412. The number of hydrogen-bond acceptors (Lipinski definition) is 7. The van der Waals surface area contributed by atoms with Gasteiger partial charge in [-0.2, -0.15) is 10.9 Å². The van der Waals surface area contributed by atoms with Crippen LogP contribution >= 0.6 is 0 Å². The standard InChI is InChI=1S/C17H19N3O5/c18-25-12-1-2-14-11(7-12)3-4-20-15(14)8-16(19-17(20)21)24-10-13-9-22-5-6-23-13/h1-2,7-8,13H,3-6,9-10,18H2. The van der Waals surface area contributed by atoms with Crippen molar-refractivity contribution in [3.63, 3.8) is 0 Å². The molecule has 1 fully saturated rings. The van der Waals surface area contributed by atoms with Gasteiger partial charge in [0, 0.05) is 18.2 Å². The molecule has 4 rings (SSSR count). The van der Waals surface area contributed by atoms with Crippen molar-refractivity contribution in [2.45, 2.75) is 19.1 Å². The zero-order chi connectivity index (χ0) is 17.2. The van der Waals surface area contributed by atoms with E-state index in [4.69, 9.17) is 24.9 Å². The Morgan fingerprint density at radius 1 is 1.32 bits per heavy atom. The van der Waals surface area contributed by atoms with Crippen LogP contribution < -0.4 is 21.2 Å². The van der Waals surface area contributed by atoms with E-state index >= 15 is 0 Å². The van der Waals surface area contributed by atoms with Crippen LogP contribution in [0.4, 0.5) is 0 Å². The first-order valence-electron chi connectivity index (χ1n) is 8.18. The lowest BCUT2D eigenvalue weighted by Gasteiger charge is -2.24. The first-order chi connectivity index (χ1) is 12.2. The molecule has 8 nitrogen and oxygen atoms in total. The second kappa shape index (κ2) is 6.83. The molecule has 2 N–H and O–H groups in total. The zero-order valence-electron chi connectivity index (χ0n) is 13.6. The number of benzene rings is 1. The summed E-state index contributed by atoms with van der Waals surface area (Å²) >= 11 is 0. The van der Waals surface area contributed by atoms with Crippen molar-refractivity contribution in [3.8, 4) is 22.9 Å². The molecular formula is C17H19N3O5. The summed E-state index contributed by atoms with van der Waals surface area (Å²) in [6, 6.07) is 7.33. The molecule has 25 heavy (non-hydrogen) atoms. The minimum atomic E-state index is -0.321. The van der Waals surface area contributed by atoms with E-state index in [9.17, 15) is 4.79 Å². The van der Waals surface area contributed by atoms with E-state index < -0.39 is 0 Å². The van der Waals surface area contributed by atoms with Crippen molar-refractivity contribution in [3.05, 3.63) is 40.3 Å². The quantitative estimate of drug-likeness (QED) is 0.806. The third-order valence-electron chi connectivity index (χ3n) is 4.38. The average molecular weight is 345 g/mol. The van der Waals surface area contributed by atoms with Crippen molar-refractivity contribution in [2.24, 2.45) is 5.90 Å². The Hall–Kier alpha value is -2.42. The fourth-order valence-electron chi connectivity index (χ4n) is 3.14. The van der Waals surface area contributed by atoms with Gasteiger partial charge in [-0.05, 0) is 30.2 Å². The molecule has 8 heteroatoms. The van der Waals surface area contributed by atoms with Crippen LogP contribution in [0, 0.1) is 0 Å². The number of fused-ring (bicyclic) bond motifs is 3. The summed E-state index contributed by atoms with van der Waals surface area (Å²) in [5.74, 6) is 6.11. The van der Waals surface area contributed by atoms with Crippen LogP contribution in [0.5, 0.6) is 11.6 Å². The topological polar surface area (TPSA) is 97.8 Å². The minimum absolute atomic E-state index is 0.147. The number of ether oxygens (including phenoxy) is 3. The molecule has 2 aliphatic rings. The highest BCUT2D eigenvalue weighted by Crippen LogP contribution is 2.32. The molecule has 3 heterocycles. The van der Waals surface area contributed by atoms with Crippen LogP contribution in [0.25, 0.3) is 11.3 Å². The normalized spacial score (nSPS) is 19.0. The molecule has 0 spiro atoms. The van der Waals surface area contributed by atoms with Crippen LogP contribution in [0.3, 0.4) is 0 Å². The number of aryl methyl sites for hydroxylation is 1. The first kappa shape index (κ1) is 16.1. The number of rotatable bonds is 4. The van der Waals surface area contributed by atoms with Gasteiger partial charge in [0.15, 0.2) is 0 Å². The summed E-state index contributed by atoms with van der Waals surface area (Å²) in [6.07, 6.45) is 0.570. The highest BCUT2D eigenvalue weighted by molar-refractivity contribution is 5.67. The van der Waals surface area contributed by atoms with Crippen LogP contribution in [0.1, 0.15) is 5.56 Å². The Balaban J connectivity index is 1.61. The second-order valence-electron chi connectivity index (χ2n) is 5.98. The Labute approximate surface area is 144 Å². The van der Waals surface area contributed by atoms with Gasteiger partial charge in [0.05, 0.1) is 25.5 Å². The maximum Gasteiger partial charge on any atom is 0.351 e. The van der Waals surface area contributed by atoms with Gasteiger partial charge in [-0.3, -0.25) is 4.57 Å². The summed E-state index contributed by atoms with van der Waals surface area (Å²) in [5, 5.41) is 0. The molecule has 2 aromatic rings. The lowest BCUT2D eigenvalue weighted by atomic mass is 9.97. The molecule has 1 saturated heterocycles. The molecule has 1 atom stereocenters. The fourth-order valence-corrected chi connectivity index (χ4v) is 3.14. The van der Waals surface area contributed by atoms with Gasteiger partial charge in [-0.25, -0.2) is 4.79 Å². The number of aromatic nitrogens is 2. The summed E-state index contributed by atoms with van der Waals surface area (Å²) in [7, 11) is 0. The minimum Gasteiger partial charge on any atom is -0.475 e. The Morgan fingerprint density at radius 3 is 3.04 bits per heavy atom. The van der Waals surface area contributed by atoms with E-state index in [0.717, 1.165) is 16.8 Å². The molecule has 0 saturated carbocycles. The SMILES string of the molecule is NOc1ccc2c(c1)CCn1c-2cc(OCC2COCCO2)nc1=O. The van der Waals surface area contributed by atoms with E-state index in [1.807, 2.05) is 12.1 Å². The van der Waals surface area contributed by atoms with E-state index in [1.54, 1.807) is 16.7 Å². The van der Waals surface area contributed by atoms with Crippen molar-refractivity contribution in [2.75, 3.05) is 26.4 Å². The van der Waals surface area contributed by atoms with Gasteiger partial charge in [-0.1, -0.05) is 0 Å². The van der Waals surface area contributed by atoms with Crippen LogP contribution in [0.15, 0.2) is 29.1 Å². The van der Waals surface area contributed by atoms with Crippen molar-refractivity contribution in [1.29, 1.82) is 0 Å². The third kappa shape index (κ3) is 3.23. The van der Waals surface area contributed by atoms with Gasteiger partial charge in [0.2, 0.25) is 5.88 Å². The van der Waals surface area contributed by atoms with Crippen molar-refractivity contribution >= 4 is 0 Å². The predicted molar refractivity (Wildman–Crippen MR) is 88.5 cm³/mol. The lowest BCUT2D eigenvalue weighted by molar-refractivity contribution is -0.102. The molecule has 0 amide bonds. The monoisotopic (exact) mass is 345 g/mol. The van der Waals surface area contributed by atoms with E-state index in [-0.39, 0.29) is 17.7 Å².